The Morgan fingerprint density at radius 2 is 2.16 bits per heavy atom. The highest BCUT2D eigenvalue weighted by Gasteiger charge is 2.20. The largest absolute Gasteiger partial charge is 0.452 e. The van der Waals surface area contributed by atoms with Crippen LogP contribution in [0.4, 0.5) is 11.4 Å². The number of benzene rings is 2. The first kappa shape index (κ1) is 10.6. The van der Waals surface area contributed by atoms with E-state index < -0.39 is 0 Å². The average molecular weight is 265 g/mol. The van der Waals surface area contributed by atoms with Gasteiger partial charge in [0, 0.05) is 17.6 Å². The van der Waals surface area contributed by atoms with Crippen LogP contribution in [0.5, 0.6) is 11.5 Å². The first-order chi connectivity index (χ1) is 9.42. The number of nitrogens with one attached hydrogen (secondary N) is 1. The van der Waals surface area contributed by atoms with Crippen LogP contribution in [0.25, 0.3) is 10.6 Å². The van der Waals surface area contributed by atoms with Crippen LogP contribution in [0.3, 0.4) is 0 Å². The molecule has 3 aromatic rings. The Morgan fingerprint density at radius 1 is 1.21 bits per heavy atom. The van der Waals surface area contributed by atoms with Crippen LogP contribution in [0.15, 0.2) is 48.0 Å². The molecule has 0 bridgehead atoms. The van der Waals surface area contributed by atoms with Crippen molar-refractivity contribution in [3.8, 4) is 22.1 Å². The quantitative estimate of drug-likeness (QED) is 0.551. The molecule has 0 aliphatic carbocycles. The number of ether oxygens (including phenoxy) is 1. The third-order valence-corrected chi connectivity index (χ3v) is 3.78. The standard InChI is InChI=1S/C15H9N2OS/c1-2-7-13-11(5-1)17-12-6-3-4-10(14(12)18-13)15-16-8-9-19-15/h1-5,7-9,17H. The van der Waals surface area contributed by atoms with Gasteiger partial charge in [0.25, 0.3) is 0 Å². The molecule has 0 amide bonds. The lowest BCUT2D eigenvalue weighted by Gasteiger charge is -2.22. The van der Waals surface area contributed by atoms with Crippen LogP contribution < -0.4 is 10.1 Å². The van der Waals surface area contributed by atoms with Crippen LogP contribution in [0, 0.1) is 6.07 Å². The number of nitrogens with zero attached hydrogens (tertiary/aromatic N) is 1. The van der Waals surface area contributed by atoms with Gasteiger partial charge in [-0.25, -0.2) is 4.98 Å². The summed E-state index contributed by atoms with van der Waals surface area (Å²) in [5.41, 5.74) is 2.81. The number of aromatic nitrogens is 1. The van der Waals surface area contributed by atoms with E-state index in [0.29, 0.717) is 0 Å². The number of hydrogen-bond acceptors (Lipinski definition) is 4. The second-order valence-corrected chi connectivity index (χ2v) is 5.05. The maximum Gasteiger partial charge on any atom is 0.161 e. The van der Waals surface area contributed by atoms with Crippen molar-refractivity contribution in [3.05, 3.63) is 54.0 Å². The van der Waals surface area contributed by atoms with Gasteiger partial charge >= 0.3 is 0 Å². The zero-order valence-electron chi connectivity index (χ0n) is 9.88. The number of thiazole rings is 1. The highest BCUT2D eigenvalue weighted by molar-refractivity contribution is 7.13. The molecule has 4 heteroatoms. The molecule has 1 aliphatic rings. The molecule has 1 radical (unpaired) electrons. The molecule has 19 heavy (non-hydrogen) atoms. The minimum atomic E-state index is 0.788. The van der Waals surface area contributed by atoms with E-state index in [0.717, 1.165) is 33.4 Å². The number of anilines is 2. The van der Waals surface area contributed by atoms with Crippen LogP contribution in [-0.4, -0.2) is 4.98 Å². The lowest BCUT2D eigenvalue weighted by atomic mass is 10.1. The molecule has 1 N–H and O–H groups in total. The normalized spacial score (nSPS) is 12.0. The Balaban J connectivity index is 1.88. The summed E-state index contributed by atoms with van der Waals surface area (Å²) in [4.78, 5) is 4.35. The number of rotatable bonds is 1. The molecule has 1 aromatic heterocycles. The highest BCUT2D eigenvalue weighted by Crippen LogP contribution is 2.46. The topological polar surface area (TPSA) is 34.2 Å². The minimum absolute atomic E-state index is 0.788. The monoisotopic (exact) mass is 265 g/mol. The summed E-state index contributed by atoms with van der Waals surface area (Å²) in [6.07, 6.45) is 1.80. The van der Waals surface area contributed by atoms with Gasteiger partial charge in [0.05, 0.1) is 16.9 Å². The molecular formula is C15H9N2OS. The Morgan fingerprint density at radius 3 is 3.05 bits per heavy atom. The fourth-order valence-electron chi connectivity index (χ4n) is 2.11. The molecule has 3 nitrogen and oxygen atoms in total. The lowest BCUT2D eigenvalue weighted by molar-refractivity contribution is 0.483. The predicted molar refractivity (Wildman–Crippen MR) is 76.2 cm³/mol. The molecule has 2 aromatic carbocycles. The van der Waals surface area contributed by atoms with Crippen molar-refractivity contribution < 1.29 is 4.74 Å². The van der Waals surface area contributed by atoms with Crippen molar-refractivity contribution in [2.24, 2.45) is 0 Å². The molecule has 0 saturated heterocycles. The van der Waals surface area contributed by atoms with Crippen LogP contribution >= 0.6 is 11.3 Å². The zero-order chi connectivity index (χ0) is 12.7. The molecular weight excluding hydrogens is 256 g/mol. The molecule has 0 spiro atoms. The molecule has 91 valence electrons. The highest BCUT2D eigenvalue weighted by atomic mass is 32.1. The van der Waals surface area contributed by atoms with Gasteiger partial charge in [-0.05, 0) is 18.2 Å². The summed E-state index contributed by atoms with van der Waals surface area (Å²) in [7, 11) is 0. The molecule has 1 aliphatic heterocycles. The van der Waals surface area contributed by atoms with E-state index in [1.54, 1.807) is 17.5 Å². The van der Waals surface area contributed by atoms with Crippen LogP contribution in [0.1, 0.15) is 0 Å². The van der Waals surface area contributed by atoms with Gasteiger partial charge in [-0.2, -0.15) is 0 Å². The number of hydrogen-bond donors (Lipinski definition) is 1. The second-order valence-electron chi connectivity index (χ2n) is 4.16. The van der Waals surface area contributed by atoms with Crippen molar-refractivity contribution in [1.29, 1.82) is 0 Å². The van der Waals surface area contributed by atoms with Crippen LogP contribution in [0.2, 0.25) is 0 Å². The second kappa shape index (κ2) is 4.10. The van der Waals surface area contributed by atoms with E-state index in [1.165, 1.54) is 0 Å². The van der Waals surface area contributed by atoms with Gasteiger partial charge in [-0.3, -0.25) is 0 Å². The Kier molecular flexibility index (Phi) is 2.28. The van der Waals surface area contributed by atoms with E-state index in [2.05, 4.69) is 16.4 Å². The van der Waals surface area contributed by atoms with Crippen molar-refractivity contribution in [2.75, 3.05) is 5.32 Å². The fraction of sp³-hybridized carbons (Fsp3) is 0. The fourth-order valence-corrected chi connectivity index (χ4v) is 2.77. The summed E-state index contributed by atoms with van der Waals surface area (Å²) in [6, 6.07) is 14.9. The molecule has 4 rings (SSSR count). The third kappa shape index (κ3) is 1.69. The van der Waals surface area contributed by atoms with Crippen molar-refractivity contribution >= 4 is 22.7 Å². The number of para-hydroxylation sites is 2. The first-order valence-electron chi connectivity index (χ1n) is 5.90. The summed E-state index contributed by atoms with van der Waals surface area (Å²) in [5.74, 6) is 1.61. The van der Waals surface area contributed by atoms with E-state index in [9.17, 15) is 0 Å². The maximum atomic E-state index is 6.01. The van der Waals surface area contributed by atoms with E-state index in [1.807, 2.05) is 41.8 Å². The molecule has 0 fully saturated rings. The van der Waals surface area contributed by atoms with Crippen molar-refractivity contribution in [3.63, 3.8) is 0 Å². The lowest BCUT2D eigenvalue weighted by Crippen LogP contribution is -2.03. The minimum Gasteiger partial charge on any atom is -0.452 e. The van der Waals surface area contributed by atoms with Gasteiger partial charge < -0.3 is 10.1 Å². The molecule has 0 saturated carbocycles. The van der Waals surface area contributed by atoms with Crippen molar-refractivity contribution in [1.82, 2.24) is 4.98 Å². The first-order valence-corrected chi connectivity index (χ1v) is 6.78. The maximum absolute atomic E-state index is 6.01. The average Bonchev–Trinajstić information content (AvgIpc) is 2.98. The SMILES string of the molecule is [c]1ccc(-c2nccs2)c2c1Nc1ccccc1O2. The molecule has 0 atom stereocenters. The van der Waals surface area contributed by atoms with Gasteiger partial charge in [-0.15, -0.1) is 11.3 Å². The summed E-state index contributed by atoms with van der Waals surface area (Å²) in [5, 5.41) is 6.25. The van der Waals surface area contributed by atoms with Crippen molar-refractivity contribution in [2.45, 2.75) is 0 Å². The Hall–Kier alpha value is -2.33. The van der Waals surface area contributed by atoms with Gasteiger partial charge in [0.2, 0.25) is 0 Å². The Labute approximate surface area is 114 Å². The Bertz CT molecular complexity index is 738. The zero-order valence-corrected chi connectivity index (χ0v) is 10.7. The smallest absolute Gasteiger partial charge is 0.161 e. The summed E-state index contributed by atoms with van der Waals surface area (Å²) < 4.78 is 6.01. The molecule has 2 heterocycles. The van der Waals surface area contributed by atoms with Gasteiger partial charge in [0.15, 0.2) is 11.5 Å². The van der Waals surface area contributed by atoms with E-state index in [4.69, 9.17) is 4.74 Å². The summed E-state index contributed by atoms with van der Waals surface area (Å²) in [6.45, 7) is 0. The van der Waals surface area contributed by atoms with Crippen LogP contribution in [-0.2, 0) is 0 Å². The van der Waals surface area contributed by atoms with E-state index >= 15 is 0 Å². The van der Waals surface area contributed by atoms with Gasteiger partial charge in [0.1, 0.15) is 5.01 Å². The van der Waals surface area contributed by atoms with Gasteiger partial charge in [-0.1, -0.05) is 18.2 Å². The summed E-state index contributed by atoms with van der Waals surface area (Å²) >= 11 is 1.60. The molecule has 0 unspecified atom stereocenters. The third-order valence-electron chi connectivity index (χ3n) is 2.97. The predicted octanol–water partition coefficient (Wildman–Crippen LogP) is 4.46. The number of fused-ring (bicyclic) bond motifs is 2. The van der Waals surface area contributed by atoms with E-state index in [-0.39, 0.29) is 0 Å².